The number of hydrogen-bond donors (Lipinski definition) is 2. The fourth-order valence-corrected chi connectivity index (χ4v) is 3.24. The molecule has 3 rings (SSSR count). The molecule has 148 valence electrons. The molecule has 0 radical (unpaired) electrons. The van der Waals surface area contributed by atoms with E-state index in [1.54, 1.807) is 31.4 Å². The molecule has 0 unspecified atom stereocenters. The van der Waals surface area contributed by atoms with Crippen molar-refractivity contribution in [1.82, 2.24) is 5.32 Å². The molecule has 0 aliphatic carbocycles. The highest BCUT2D eigenvalue weighted by Crippen LogP contribution is 2.25. The van der Waals surface area contributed by atoms with Gasteiger partial charge in [0.25, 0.3) is 0 Å². The van der Waals surface area contributed by atoms with Crippen molar-refractivity contribution < 1.29 is 19.4 Å². The topological polar surface area (TPSA) is 75.6 Å². The standard InChI is InChI=1S/C24H23NO4/c1-29-20-14-12-17(13-15-20)16-21(24(27)28)25-23(26)22(18-8-4-2-5-9-18)19-10-6-3-7-11-19/h2-15,21-22H,16H2,1H3,(H,25,26)(H,27,28)/t21-/m0/s1. The van der Waals surface area contributed by atoms with Crippen molar-refractivity contribution in [3.63, 3.8) is 0 Å². The highest BCUT2D eigenvalue weighted by atomic mass is 16.5. The molecular formula is C24H23NO4. The number of hydrogen-bond acceptors (Lipinski definition) is 3. The van der Waals surface area contributed by atoms with E-state index in [0.29, 0.717) is 5.75 Å². The zero-order valence-electron chi connectivity index (χ0n) is 16.1. The normalized spacial score (nSPS) is 11.7. The van der Waals surface area contributed by atoms with Crippen molar-refractivity contribution in [3.8, 4) is 5.75 Å². The van der Waals surface area contributed by atoms with Gasteiger partial charge in [-0.15, -0.1) is 0 Å². The van der Waals surface area contributed by atoms with Crippen molar-refractivity contribution in [1.29, 1.82) is 0 Å². The van der Waals surface area contributed by atoms with E-state index >= 15 is 0 Å². The molecule has 0 aliphatic rings. The lowest BCUT2D eigenvalue weighted by atomic mass is 9.90. The Balaban J connectivity index is 1.83. The second-order valence-electron chi connectivity index (χ2n) is 6.71. The third-order valence-corrected chi connectivity index (χ3v) is 4.74. The predicted molar refractivity (Wildman–Crippen MR) is 111 cm³/mol. The molecule has 0 saturated heterocycles. The van der Waals surface area contributed by atoms with E-state index in [1.165, 1.54) is 0 Å². The maximum Gasteiger partial charge on any atom is 0.326 e. The van der Waals surface area contributed by atoms with Gasteiger partial charge in [0.15, 0.2) is 0 Å². The molecule has 0 bridgehead atoms. The van der Waals surface area contributed by atoms with Crippen LogP contribution in [0.4, 0.5) is 0 Å². The zero-order valence-corrected chi connectivity index (χ0v) is 16.1. The molecule has 0 fully saturated rings. The monoisotopic (exact) mass is 389 g/mol. The van der Waals surface area contributed by atoms with Crippen molar-refractivity contribution >= 4 is 11.9 Å². The van der Waals surface area contributed by atoms with Gasteiger partial charge in [-0.05, 0) is 28.8 Å². The van der Waals surface area contributed by atoms with E-state index in [0.717, 1.165) is 16.7 Å². The molecule has 0 spiro atoms. The third-order valence-electron chi connectivity index (χ3n) is 4.74. The molecule has 3 aromatic rings. The molecular weight excluding hydrogens is 366 g/mol. The Morgan fingerprint density at radius 2 is 1.38 bits per heavy atom. The minimum absolute atomic E-state index is 0.182. The van der Waals surface area contributed by atoms with E-state index in [1.807, 2.05) is 60.7 Å². The number of carbonyl (C=O) groups excluding carboxylic acids is 1. The van der Waals surface area contributed by atoms with Gasteiger partial charge in [0, 0.05) is 6.42 Å². The summed E-state index contributed by atoms with van der Waals surface area (Å²) in [6.45, 7) is 0. The van der Waals surface area contributed by atoms with Gasteiger partial charge in [0.05, 0.1) is 13.0 Å². The molecule has 29 heavy (non-hydrogen) atoms. The lowest BCUT2D eigenvalue weighted by Crippen LogP contribution is -2.44. The summed E-state index contributed by atoms with van der Waals surface area (Å²) < 4.78 is 5.13. The molecule has 1 atom stereocenters. The van der Waals surface area contributed by atoms with Crippen LogP contribution in [0.5, 0.6) is 5.75 Å². The van der Waals surface area contributed by atoms with Gasteiger partial charge in [0.1, 0.15) is 11.8 Å². The first kappa shape index (κ1) is 20.1. The smallest absolute Gasteiger partial charge is 0.326 e. The molecule has 5 heteroatoms. The molecule has 0 aliphatic heterocycles. The number of amides is 1. The summed E-state index contributed by atoms with van der Waals surface area (Å²) in [5.74, 6) is -1.31. The summed E-state index contributed by atoms with van der Waals surface area (Å²) in [7, 11) is 1.57. The van der Waals surface area contributed by atoms with Gasteiger partial charge in [-0.3, -0.25) is 4.79 Å². The maximum atomic E-state index is 13.2. The highest BCUT2D eigenvalue weighted by molar-refractivity contribution is 5.90. The van der Waals surface area contributed by atoms with Gasteiger partial charge in [-0.1, -0.05) is 72.8 Å². The first-order valence-electron chi connectivity index (χ1n) is 9.34. The maximum absolute atomic E-state index is 13.2. The van der Waals surface area contributed by atoms with Crippen LogP contribution in [0.25, 0.3) is 0 Å². The number of ether oxygens (including phenoxy) is 1. The van der Waals surface area contributed by atoms with Gasteiger partial charge in [-0.2, -0.15) is 0 Å². The second kappa shape index (κ2) is 9.55. The van der Waals surface area contributed by atoms with Gasteiger partial charge >= 0.3 is 5.97 Å². The summed E-state index contributed by atoms with van der Waals surface area (Å²) in [4.78, 5) is 25.0. The SMILES string of the molecule is COc1ccc(C[C@H](NC(=O)C(c2ccccc2)c2ccccc2)C(=O)O)cc1. The third kappa shape index (κ3) is 5.23. The van der Waals surface area contributed by atoms with Crippen molar-refractivity contribution in [2.45, 2.75) is 18.4 Å². The number of carbonyl (C=O) groups is 2. The van der Waals surface area contributed by atoms with Crippen LogP contribution in [0.15, 0.2) is 84.9 Å². The lowest BCUT2D eigenvalue weighted by Gasteiger charge is -2.21. The number of rotatable bonds is 8. The molecule has 0 saturated carbocycles. The van der Waals surface area contributed by atoms with Gasteiger partial charge < -0.3 is 15.2 Å². The Bertz CT molecular complexity index is 900. The van der Waals surface area contributed by atoms with Crippen molar-refractivity contribution in [2.75, 3.05) is 7.11 Å². The van der Waals surface area contributed by atoms with Crippen molar-refractivity contribution in [2.24, 2.45) is 0 Å². The van der Waals surface area contributed by atoms with Crippen LogP contribution < -0.4 is 10.1 Å². The van der Waals surface area contributed by atoms with E-state index in [9.17, 15) is 14.7 Å². The quantitative estimate of drug-likeness (QED) is 0.617. The minimum atomic E-state index is -1.07. The molecule has 2 N–H and O–H groups in total. The van der Waals surface area contributed by atoms with Crippen LogP contribution in [0, 0.1) is 0 Å². The van der Waals surface area contributed by atoms with E-state index < -0.39 is 17.9 Å². The molecule has 0 heterocycles. The summed E-state index contributed by atoms with van der Waals surface area (Å²) >= 11 is 0. The predicted octanol–water partition coefficient (Wildman–Crippen LogP) is 3.64. The number of aliphatic carboxylic acids is 1. The van der Waals surface area contributed by atoms with Crippen LogP contribution in [0.1, 0.15) is 22.6 Å². The Labute approximate surface area is 170 Å². The average molecular weight is 389 g/mol. The minimum Gasteiger partial charge on any atom is -0.497 e. The first-order valence-corrected chi connectivity index (χ1v) is 9.34. The van der Waals surface area contributed by atoms with Crippen LogP contribution in [-0.4, -0.2) is 30.1 Å². The van der Waals surface area contributed by atoms with E-state index in [-0.39, 0.29) is 12.3 Å². The fraction of sp³-hybridized carbons (Fsp3) is 0.167. The van der Waals surface area contributed by atoms with Crippen LogP contribution >= 0.6 is 0 Å². The molecule has 3 aromatic carbocycles. The summed E-state index contributed by atoms with van der Waals surface area (Å²) in [5.41, 5.74) is 2.42. The Morgan fingerprint density at radius 1 is 0.862 bits per heavy atom. The number of methoxy groups -OCH3 is 1. The Morgan fingerprint density at radius 3 is 1.83 bits per heavy atom. The molecule has 5 nitrogen and oxygen atoms in total. The highest BCUT2D eigenvalue weighted by Gasteiger charge is 2.27. The number of nitrogens with one attached hydrogen (secondary N) is 1. The average Bonchev–Trinajstić information content (AvgIpc) is 2.75. The number of carboxylic acids is 1. The fourth-order valence-electron chi connectivity index (χ4n) is 3.24. The number of benzene rings is 3. The van der Waals surface area contributed by atoms with Gasteiger partial charge in [-0.25, -0.2) is 4.79 Å². The van der Waals surface area contributed by atoms with Crippen LogP contribution in [0.3, 0.4) is 0 Å². The van der Waals surface area contributed by atoms with Gasteiger partial charge in [0.2, 0.25) is 5.91 Å². The zero-order chi connectivity index (χ0) is 20.6. The van der Waals surface area contributed by atoms with Crippen LogP contribution in [0.2, 0.25) is 0 Å². The van der Waals surface area contributed by atoms with Crippen LogP contribution in [-0.2, 0) is 16.0 Å². The van der Waals surface area contributed by atoms with E-state index in [4.69, 9.17) is 4.74 Å². The lowest BCUT2D eigenvalue weighted by molar-refractivity contribution is -0.141. The Kier molecular flexibility index (Phi) is 6.63. The summed E-state index contributed by atoms with van der Waals surface area (Å²) in [5, 5.41) is 12.4. The Hall–Kier alpha value is -3.60. The number of carboxylic acid groups (broad SMARTS) is 1. The largest absolute Gasteiger partial charge is 0.497 e. The first-order chi connectivity index (χ1) is 14.1. The van der Waals surface area contributed by atoms with Crippen molar-refractivity contribution in [3.05, 3.63) is 102 Å². The molecule has 1 amide bonds. The summed E-state index contributed by atoms with van der Waals surface area (Å²) in [6, 6.07) is 24.8. The summed E-state index contributed by atoms with van der Waals surface area (Å²) in [6.07, 6.45) is 0.182. The second-order valence-corrected chi connectivity index (χ2v) is 6.71. The van der Waals surface area contributed by atoms with E-state index in [2.05, 4.69) is 5.32 Å². The molecule has 0 aromatic heterocycles.